The summed E-state index contributed by atoms with van der Waals surface area (Å²) in [6, 6.07) is 14.3. The molecule has 4 bridgehead atoms. The van der Waals surface area contributed by atoms with E-state index in [1.807, 2.05) is 51.1 Å². The summed E-state index contributed by atoms with van der Waals surface area (Å²) in [6.07, 6.45) is 4.08. The molecule has 0 aliphatic carbocycles. The Morgan fingerprint density at radius 3 is 2.41 bits per heavy atom. The molecule has 39 heavy (non-hydrogen) atoms. The lowest BCUT2D eigenvalue weighted by molar-refractivity contribution is -0.150. The van der Waals surface area contributed by atoms with Gasteiger partial charge >= 0.3 is 12.1 Å². The Labute approximate surface area is 230 Å². The number of nitrogens with zero attached hydrogens (tertiary/aromatic N) is 1. The van der Waals surface area contributed by atoms with Gasteiger partial charge in [-0.05, 0) is 46.9 Å². The van der Waals surface area contributed by atoms with E-state index in [0.717, 1.165) is 43.2 Å². The average Bonchev–Trinajstić information content (AvgIpc) is 3.32. The first-order valence-corrected chi connectivity index (χ1v) is 13.8. The van der Waals surface area contributed by atoms with Gasteiger partial charge in [0.25, 0.3) is 0 Å². The van der Waals surface area contributed by atoms with Crippen LogP contribution in [-0.4, -0.2) is 60.3 Å². The standard InChI is InChI=1S/C31H40N2O6/c1-30(2,3)26-27(34)33-20-31(38-4,19-25(33)28(35)36)23-16-14-22(15-17-23)24-13-9-8-12-21(24)11-7-5-6-10-18-39-29(37)32-26/h8-9,12-17,25-26H,5-7,10-11,18-20H2,1-4H3,(H,32,37)(H,35,36)/t25-,26+,31-/m0/s1. The average molecular weight is 537 g/mol. The van der Waals surface area contributed by atoms with Crippen LogP contribution in [0, 0.1) is 5.41 Å². The van der Waals surface area contributed by atoms with Crippen molar-refractivity contribution < 1.29 is 29.0 Å². The van der Waals surface area contributed by atoms with Gasteiger partial charge in [0.2, 0.25) is 5.91 Å². The number of aryl methyl sites for hydroxylation is 1. The first-order valence-electron chi connectivity index (χ1n) is 13.8. The minimum Gasteiger partial charge on any atom is -0.480 e. The predicted molar refractivity (Wildman–Crippen MR) is 148 cm³/mol. The molecule has 3 heterocycles. The van der Waals surface area contributed by atoms with Gasteiger partial charge < -0.3 is 24.8 Å². The second-order valence-electron chi connectivity index (χ2n) is 11.7. The second kappa shape index (κ2) is 11.8. The fourth-order valence-electron chi connectivity index (χ4n) is 5.68. The van der Waals surface area contributed by atoms with Crippen molar-refractivity contribution in [1.82, 2.24) is 10.2 Å². The van der Waals surface area contributed by atoms with Gasteiger partial charge in [-0.3, -0.25) is 4.79 Å². The Kier molecular flexibility index (Phi) is 8.64. The number of rotatable bonds is 2. The molecular weight excluding hydrogens is 496 g/mol. The first kappa shape index (κ1) is 28.6. The second-order valence-corrected chi connectivity index (χ2v) is 11.7. The topological polar surface area (TPSA) is 105 Å². The number of hydrogen-bond donors (Lipinski definition) is 2. The smallest absolute Gasteiger partial charge is 0.407 e. The van der Waals surface area contributed by atoms with Crippen molar-refractivity contribution in [2.45, 2.75) is 77.0 Å². The van der Waals surface area contributed by atoms with E-state index in [0.29, 0.717) is 0 Å². The van der Waals surface area contributed by atoms with E-state index in [2.05, 4.69) is 23.5 Å². The predicted octanol–water partition coefficient (Wildman–Crippen LogP) is 5.14. The van der Waals surface area contributed by atoms with Crippen molar-refractivity contribution in [3.63, 3.8) is 0 Å². The summed E-state index contributed by atoms with van der Waals surface area (Å²) in [5.41, 5.74) is 2.66. The zero-order valence-corrected chi connectivity index (χ0v) is 23.4. The number of carbonyl (C=O) groups excluding carboxylic acids is 2. The van der Waals surface area contributed by atoms with Crippen LogP contribution in [0.5, 0.6) is 0 Å². The number of ether oxygens (including phenoxy) is 2. The monoisotopic (exact) mass is 536 g/mol. The molecule has 8 nitrogen and oxygen atoms in total. The lowest BCUT2D eigenvalue weighted by Crippen LogP contribution is -2.57. The Morgan fingerprint density at radius 2 is 1.74 bits per heavy atom. The summed E-state index contributed by atoms with van der Waals surface area (Å²) in [6.45, 7) is 5.81. The summed E-state index contributed by atoms with van der Waals surface area (Å²) in [5.74, 6) is -1.58. The van der Waals surface area contributed by atoms with E-state index < -0.39 is 41.1 Å². The third-order valence-corrected chi connectivity index (χ3v) is 7.97. The van der Waals surface area contributed by atoms with Gasteiger partial charge in [0.05, 0.1) is 13.2 Å². The summed E-state index contributed by atoms with van der Waals surface area (Å²) in [4.78, 5) is 40.3. The molecule has 0 aromatic heterocycles. The van der Waals surface area contributed by atoms with Crippen LogP contribution in [0.4, 0.5) is 4.79 Å². The molecule has 210 valence electrons. The maximum Gasteiger partial charge on any atom is 0.407 e. The van der Waals surface area contributed by atoms with Crippen LogP contribution in [0.15, 0.2) is 48.5 Å². The van der Waals surface area contributed by atoms with Gasteiger partial charge in [-0.15, -0.1) is 0 Å². The molecule has 0 spiro atoms. The zero-order valence-electron chi connectivity index (χ0n) is 23.4. The van der Waals surface area contributed by atoms with Crippen molar-refractivity contribution in [3.05, 3.63) is 59.7 Å². The number of hydrogen-bond acceptors (Lipinski definition) is 5. The SMILES string of the molecule is CO[C@@]12C[C@@H](C(=O)O)N(C1)C(=O)[C@H](C(C)(C)C)NC(=O)OCCCCCCc1ccccc1-c1ccc2cc1. The molecule has 1 fully saturated rings. The van der Waals surface area contributed by atoms with Crippen molar-refractivity contribution in [3.8, 4) is 11.1 Å². The third kappa shape index (κ3) is 6.27. The van der Waals surface area contributed by atoms with E-state index in [4.69, 9.17) is 9.47 Å². The van der Waals surface area contributed by atoms with Crippen molar-refractivity contribution in [1.29, 1.82) is 0 Å². The van der Waals surface area contributed by atoms with Crippen LogP contribution in [0.2, 0.25) is 0 Å². The molecule has 3 atom stereocenters. The summed E-state index contributed by atoms with van der Waals surface area (Å²) >= 11 is 0. The molecule has 2 aromatic carbocycles. The van der Waals surface area contributed by atoms with Gasteiger partial charge in [0.1, 0.15) is 17.7 Å². The normalized spacial score (nSPS) is 25.0. The Bertz CT molecular complexity index is 1190. The number of methoxy groups -OCH3 is 1. The number of carbonyl (C=O) groups is 3. The number of benzene rings is 2. The number of carboxylic acids is 1. The molecule has 5 rings (SSSR count). The lowest BCUT2D eigenvalue weighted by atomic mass is 9.85. The minimum absolute atomic E-state index is 0.0541. The van der Waals surface area contributed by atoms with Crippen LogP contribution in [0.1, 0.15) is 64.0 Å². The molecule has 3 aliphatic heterocycles. The largest absolute Gasteiger partial charge is 0.480 e. The van der Waals surface area contributed by atoms with Crippen LogP contribution < -0.4 is 5.32 Å². The van der Waals surface area contributed by atoms with Gasteiger partial charge in [-0.25, -0.2) is 9.59 Å². The molecule has 0 saturated carbocycles. The van der Waals surface area contributed by atoms with Crippen molar-refractivity contribution in [2.75, 3.05) is 20.3 Å². The van der Waals surface area contributed by atoms with Crippen LogP contribution >= 0.6 is 0 Å². The van der Waals surface area contributed by atoms with Crippen molar-refractivity contribution >= 4 is 18.0 Å². The molecule has 2 aromatic rings. The van der Waals surface area contributed by atoms with Crippen LogP contribution in [0.25, 0.3) is 11.1 Å². The highest BCUT2D eigenvalue weighted by atomic mass is 16.5. The molecule has 8 heteroatoms. The van der Waals surface area contributed by atoms with Gasteiger partial charge in [-0.2, -0.15) is 0 Å². The highest BCUT2D eigenvalue weighted by Crippen LogP contribution is 2.41. The van der Waals surface area contributed by atoms with Crippen LogP contribution in [-0.2, 0) is 31.1 Å². The number of fused-ring (bicyclic) bond motifs is 12. The van der Waals surface area contributed by atoms with Gasteiger partial charge in [-0.1, -0.05) is 82.1 Å². The van der Waals surface area contributed by atoms with Gasteiger partial charge in [0.15, 0.2) is 0 Å². The number of nitrogens with one attached hydrogen (secondary N) is 1. The van der Waals surface area contributed by atoms with Crippen LogP contribution in [0.3, 0.4) is 0 Å². The van der Waals surface area contributed by atoms with E-state index in [1.165, 1.54) is 16.0 Å². The fraction of sp³-hybridized carbons (Fsp3) is 0.516. The third-order valence-electron chi connectivity index (χ3n) is 7.97. The van der Waals surface area contributed by atoms with Crippen molar-refractivity contribution in [2.24, 2.45) is 5.41 Å². The fourth-order valence-corrected chi connectivity index (χ4v) is 5.68. The maximum atomic E-state index is 13.9. The minimum atomic E-state index is -1.11. The van der Waals surface area contributed by atoms with E-state index in [1.54, 1.807) is 7.11 Å². The summed E-state index contributed by atoms with van der Waals surface area (Å²) < 4.78 is 11.4. The Morgan fingerprint density at radius 1 is 1.05 bits per heavy atom. The van der Waals surface area contributed by atoms with E-state index in [-0.39, 0.29) is 19.6 Å². The molecule has 0 unspecified atom stereocenters. The maximum absolute atomic E-state index is 13.9. The first-order chi connectivity index (χ1) is 18.6. The van der Waals surface area contributed by atoms with E-state index in [9.17, 15) is 19.5 Å². The number of carboxylic acid groups (broad SMARTS) is 1. The lowest BCUT2D eigenvalue weighted by Gasteiger charge is -2.35. The zero-order chi connectivity index (χ0) is 28.2. The molecule has 3 aliphatic rings. The molecule has 2 N–H and O–H groups in total. The number of amides is 2. The molecule has 2 amide bonds. The molecule has 0 radical (unpaired) electrons. The van der Waals surface area contributed by atoms with E-state index >= 15 is 0 Å². The molecular formula is C31H40N2O6. The summed E-state index contributed by atoms with van der Waals surface area (Å²) in [5, 5.41) is 12.8. The number of aliphatic carboxylic acids is 1. The molecule has 1 saturated heterocycles. The quantitative estimate of drug-likeness (QED) is 0.551. The highest BCUT2D eigenvalue weighted by molar-refractivity contribution is 5.90. The van der Waals surface area contributed by atoms with Gasteiger partial charge in [0, 0.05) is 13.5 Å². The number of alkyl carbamates (subject to hydrolysis) is 1. The summed E-state index contributed by atoms with van der Waals surface area (Å²) in [7, 11) is 1.55. The Hall–Kier alpha value is -3.39. The Balaban J connectivity index is 1.74. The highest BCUT2D eigenvalue weighted by Gasteiger charge is 2.52.